The van der Waals surface area contributed by atoms with Gasteiger partial charge in [-0.1, -0.05) is 11.3 Å². The number of carbonyl (C=O) groups excluding carboxylic acids is 1. The Bertz CT molecular complexity index is 718. The summed E-state index contributed by atoms with van der Waals surface area (Å²) < 4.78 is 1.50. The van der Waals surface area contributed by atoms with Crippen molar-refractivity contribution in [2.75, 3.05) is 39.3 Å². The Labute approximate surface area is 131 Å². The number of rotatable bonds is 4. The van der Waals surface area contributed by atoms with Gasteiger partial charge in [-0.3, -0.25) is 19.1 Å². The van der Waals surface area contributed by atoms with Crippen LogP contribution in [0.3, 0.4) is 0 Å². The van der Waals surface area contributed by atoms with Gasteiger partial charge in [0, 0.05) is 38.9 Å². The zero-order valence-electron chi connectivity index (χ0n) is 12.1. The number of aliphatic hydroxyl groups excluding tert-OH is 1. The fourth-order valence-corrected chi connectivity index (χ4v) is 3.48. The molecule has 118 valence electrons. The molecule has 3 rings (SSSR count). The monoisotopic (exact) mass is 322 g/mol. The van der Waals surface area contributed by atoms with Gasteiger partial charge in [-0.25, -0.2) is 4.98 Å². The van der Waals surface area contributed by atoms with Crippen molar-refractivity contribution in [2.45, 2.75) is 6.54 Å². The van der Waals surface area contributed by atoms with Crippen molar-refractivity contribution in [1.29, 1.82) is 0 Å². The van der Waals surface area contributed by atoms with E-state index in [2.05, 4.69) is 9.88 Å². The standard InChI is InChI=1S/C14H18N4O3S/c19-9-8-16-4-6-17(7-5-16)12(20)10-18-11-2-1-3-15-13(11)22-14(18)21/h1-3,19H,4-10H2. The van der Waals surface area contributed by atoms with E-state index in [0.717, 1.165) is 24.4 Å². The third kappa shape index (κ3) is 3.03. The number of aromatic nitrogens is 2. The lowest BCUT2D eigenvalue weighted by Gasteiger charge is -2.34. The molecule has 0 saturated carbocycles. The number of aliphatic hydroxyl groups is 1. The Morgan fingerprint density at radius 3 is 2.82 bits per heavy atom. The van der Waals surface area contributed by atoms with Gasteiger partial charge < -0.3 is 10.0 Å². The molecule has 0 unspecified atom stereocenters. The van der Waals surface area contributed by atoms with E-state index in [1.807, 2.05) is 6.07 Å². The number of amides is 1. The van der Waals surface area contributed by atoms with E-state index in [-0.39, 0.29) is 23.9 Å². The molecule has 22 heavy (non-hydrogen) atoms. The molecule has 8 heteroatoms. The highest BCUT2D eigenvalue weighted by Crippen LogP contribution is 2.14. The highest BCUT2D eigenvalue weighted by atomic mass is 32.1. The Morgan fingerprint density at radius 1 is 1.32 bits per heavy atom. The van der Waals surface area contributed by atoms with Gasteiger partial charge in [-0.2, -0.15) is 0 Å². The molecule has 2 aromatic heterocycles. The van der Waals surface area contributed by atoms with Crippen molar-refractivity contribution < 1.29 is 9.90 Å². The molecule has 0 aromatic carbocycles. The smallest absolute Gasteiger partial charge is 0.310 e. The minimum Gasteiger partial charge on any atom is -0.395 e. The van der Waals surface area contributed by atoms with Crippen LogP contribution in [0.4, 0.5) is 0 Å². The number of β-amino-alcohol motifs (C(OH)–C–C–N with tert-alkyl or cyclic N) is 1. The second kappa shape index (κ2) is 6.55. The summed E-state index contributed by atoms with van der Waals surface area (Å²) in [7, 11) is 0. The first-order valence-corrected chi connectivity index (χ1v) is 8.06. The molecule has 1 saturated heterocycles. The van der Waals surface area contributed by atoms with Crippen LogP contribution in [0.1, 0.15) is 0 Å². The molecular formula is C14H18N4O3S. The first-order chi connectivity index (χ1) is 10.7. The van der Waals surface area contributed by atoms with Crippen LogP contribution in [0.25, 0.3) is 10.3 Å². The van der Waals surface area contributed by atoms with Crippen molar-refractivity contribution in [3.8, 4) is 0 Å². The highest BCUT2D eigenvalue weighted by molar-refractivity contribution is 7.16. The molecule has 0 aliphatic carbocycles. The summed E-state index contributed by atoms with van der Waals surface area (Å²) in [6.07, 6.45) is 1.64. The molecule has 3 heterocycles. The van der Waals surface area contributed by atoms with Crippen molar-refractivity contribution in [1.82, 2.24) is 19.4 Å². The van der Waals surface area contributed by atoms with E-state index in [9.17, 15) is 9.59 Å². The first kappa shape index (κ1) is 15.1. The number of nitrogens with zero attached hydrogens (tertiary/aromatic N) is 4. The summed E-state index contributed by atoms with van der Waals surface area (Å²) >= 11 is 1.06. The van der Waals surface area contributed by atoms with Gasteiger partial charge in [-0.15, -0.1) is 0 Å². The molecule has 0 bridgehead atoms. The zero-order chi connectivity index (χ0) is 15.5. The van der Waals surface area contributed by atoms with E-state index < -0.39 is 0 Å². The summed E-state index contributed by atoms with van der Waals surface area (Å²) in [5.41, 5.74) is 0.713. The molecule has 2 aromatic rings. The van der Waals surface area contributed by atoms with Crippen LogP contribution in [0.2, 0.25) is 0 Å². The molecular weight excluding hydrogens is 304 g/mol. The molecule has 1 fully saturated rings. The van der Waals surface area contributed by atoms with Crippen molar-refractivity contribution in [2.24, 2.45) is 0 Å². The van der Waals surface area contributed by atoms with Crippen molar-refractivity contribution >= 4 is 27.6 Å². The molecule has 1 N–H and O–H groups in total. The van der Waals surface area contributed by atoms with Crippen LogP contribution >= 0.6 is 11.3 Å². The molecule has 0 atom stereocenters. The molecule has 7 nitrogen and oxygen atoms in total. The van der Waals surface area contributed by atoms with Crippen LogP contribution < -0.4 is 4.87 Å². The van der Waals surface area contributed by atoms with Gasteiger partial charge in [0.2, 0.25) is 5.91 Å². The summed E-state index contributed by atoms with van der Waals surface area (Å²) in [5, 5.41) is 8.93. The number of pyridine rings is 1. The van der Waals surface area contributed by atoms with Crippen LogP contribution in [-0.2, 0) is 11.3 Å². The largest absolute Gasteiger partial charge is 0.395 e. The van der Waals surface area contributed by atoms with Gasteiger partial charge in [0.1, 0.15) is 11.4 Å². The fourth-order valence-electron chi connectivity index (χ4n) is 2.65. The van der Waals surface area contributed by atoms with Gasteiger partial charge in [-0.05, 0) is 12.1 Å². The van der Waals surface area contributed by atoms with Gasteiger partial charge in [0.25, 0.3) is 0 Å². The second-order valence-corrected chi connectivity index (χ2v) is 6.17. The number of hydrogen-bond acceptors (Lipinski definition) is 6. The van der Waals surface area contributed by atoms with E-state index in [0.29, 0.717) is 30.0 Å². The normalized spacial score (nSPS) is 16.3. The molecule has 1 aliphatic heterocycles. The van der Waals surface area contributed by atoms with Crippen LogP contribution in [-0.4, -0.2) is 69.7 Å². The average Bonchev–Trinajstić information content (AvgIpc) is 2.84. The topological polar surface area (TPSA) is 78.7 Å². The third-order valence-corrected chi connectivity index (χ3v) is 4.78. The molecule has 0 radical (unpaired) electrons. The maximum absolute atomic E-state index is 12.4. The number of thiazole rings is 1. The second-order valence-electron chi connectivity index (χ2n) is 5.23. The number of fused-ring (bicyclic) bond motifs is 1. The molecule has 1 aliphatic rings. The number of piperazine rings is 1. The zero-order valence-corrected chi connectivity index (χ0v) is 13.0. The van der Waals surface area contributed by atoms with Crippen LogP contribution in [0.5, 0.6) is 0 Å². The van der Waals surface area contributed by atoms with E-state index in [4.69, 9.17) is 5.11 Å². The van der Waals surface area contributed by atoms with Crippen molar-refractivity contribution in [3.63, 3.8) is 0 Å². The molecule has 1 amide bonds. The maximum Gasteiger partial charge on any atom is 0.310 e. The van der Waals surface area contributed by atoms with Gasteiger partial charge >= 0.3 is 4.87 Å². The van der Waals surface area contributed by atoms with Crippen LogP contribution in [0.15, 0.2) is 23.1 Å². The Balaban J connectivity index is 1.69. The highest BCUT2D eigenvalue weighted by Gasteiger charge is 2.22. The third-order valence-electron chi connectivity index (χ3n) is 3.88. The summed E-state index contributed by atoms with van der Waals surface area (Å²) in [6, 6.07) is 3.58. The average molecular weight is 322 g/mol. The predicted molar refractivity (Wildman–Crippen MR) is 84.0 cm³/mol. The van der Waals surface area contributed by atoms with Crippen LogP contribution in [0, 0.1) is 0 Å². The molecule has 0 spiro atoms. The summed E-state index contributed by atoms with van der Waals surface area (Å²) in [4.78, 5) is 33.0. The first-order valence-electron chi connectivity index (χ1n) is 7.24. The van der Waals surface area contributed by atoms with Gasteiger partial charge in [0.15, 0.2) is 0 Å². The Kier molecular flexibility index (Phi) is 4.51. The number of carbonyl (C=O) groups is 1. The lowest BCUT2D eigenvalue weighted by molar-refractivity contribution is -0.133. The Morgan fingerprint density at radius 2 is 2.09 bits per heavy atom. The van der Waals surface area contributed by atoms with Gasteiger partial charge in [0.05, 0.1) is 12.1 Å². The summed E-state index contributed by atoms with van der Waals surface area (Å²) in [5.74, 6) is -0.0469. The van der Waals surface area contributed by atoms with E-state index in [1.165, 1.54) is 4.57 Å². The number of hydrogen-bond donors (Lipinski definition) is 1. The SMILES string of the molecule is O=C(Cn1c(=O)sc2ncccc21)N1CCN(CCO)CC1. The van der Waals surface area contributed by atoms with E-state index >= 15 is 0 Å². The fraction of sp³-hybridized carbons (Fsp3) is 0.500. The minimum atomic E-state index is -0.152. The van der Waals surface area contributed by atoms with Crippen molar-refractivity contribution in [3.05, 3.63) is 28.0 Å². The summed E-state index contributed by atoms with van der Waals surface area (Å²) in [6.45, 7) is 3.62. The maximum atomic E-state index is 12.4. The Hall–Kier alpha value is -1.77. The lowest BCUT2D eigenvalue weighted by Crippen LogP contribution is -2.50. The minimum absolute atomic E-state index is 0.0469. The predicted octanol–water partition coefficient (Wildman–Crippen LogP) is -0.406. The lowest BCUT2D eigenvalue weighted by atomic mass is 10.3. The quantitative estimate of drug-likeness (QED) is 0.828. The van der Waals surface area contributed by atoms with E-state index in [1.54, 1.807) is 17.2 Å².